The Balaban J connectivity index is 1.54. The van der Waals surface area contributed by atoms with Gasteiger partial charge in [-0.3, -0.25) is 4.79 Å². The van der Waals surface area contributed by atoms with Gasteiger partial charge in [0.25, 0.3) is 0 Å². The van der Waals surface area contributed by atoms with Gasteiger partial charge >= 0.3 is 0 Å². The minimum absolute atomic E-state index is 0.0899. The van der Waals surface area contributed by atoms with Gasteiger partial charge in [-0.2, -0.15) is 0 Å². The Hall–Kier alpha value is -1.28. The van der Waals surface area contributed by atoms with Crippen molar-refractivity contribution < 1.29 is 4.79 Å². The average molecular weight is 412 g/mol. The van der Waals surface area contributed by atoms with E-state index < -0.39 is 0 Å². The smallest absolute Gasteiger partial charge is 0.246 e. The number of likely N-dealkylation sites (N-methyl/N-ethyl adjacent to an activating group) is 1. The number of hydrogen-bond acceptors (Lipinski definition) is 1. The first-order chi connectivity index (χ1) is 13.8. The molecule has 1 amide bonds. The summed E-state index contributed by atoms with van der Waals surface area (Å²) in [5, 5.41) is 0.796. The van der Waals surface area contributed by atoms with Gasteiger partial charge in [-0.1, -0.05) is 50.1 Å². The molecule has 3 saturated carbocycles. The first-order valence-corrected chi connectivity index (χ1v) is 11.9. The summed E-state index contributed by atoms with van der Waals surface area (Å²) in [6.07, 6.45) is 13.4. The molecule has 0 bridgehead atoms. The minimum Gasteiger partial charge on any atom is -0.338 e. The first-order valence-electron chi connectivity index (χ1n) is 11.5. The minimum atomic E-state index is 0.0899. The van der Waals surface area contributed by atoms with E-state index in [2.05, 4.69) is 37.0 Å². The molecule has 5 rings (SSSR count). The molecule has 3 fully saturated rings. The van der Waals surface area contributed by atoms with Gasteiger partial charge in [0.15, 0.2) is 0 Å². The monoisotopic (exact) mass is 411 g/mol. The zero-order chi connectivity index (χ0) is 20.4. The lowest BCUT2D eigenvalue weighted by molar-refractivity contribution is -0.144. The van der Waals surface area contributed by atoms with Crippen molar-refractivity contribution in [2.45, 2.75) is 64.8 Å². The molecule has 2 nitrogen and oxygen atoms in total. The van der Waals surface area contributed by atoms with E-state index in [1.54, 1.807) is 0 Å². The van der Waals surface area contributed by atoms with Crippen LogP contribution in [0, 0.1) is 34.5 Å². The number of carbonyl (C=O) groups excluding carboxylic acids is 1. The van der Waals surface area contributed by atoms with E-state index in [0.29, 0.717) is 23.3 Å². The van der Waals surface area contributed by atoms with Crippen LogP contribution in [0.3, 0.4) is 0 Å². The van der Waals surface area contributed by atoms with Gasteiger partial charge in [0.05, 0.1) is 0 Å². The number of fused-ring (bicyclic) bond motifs is 5. The summed E-state index contributed by atoms with van der Waals surface area (Å²) < 4.78 is 0. The number of amides is 1. The van der Waals surface area contributed by atoms with Gasteiger partial charge in [-0.05, 0) is 91.4 Å². The molecule has 1 aromatic carbocycles. The molecule has 7 atom stereocenters. The average Bonchev–Trinajstić information content (AvgIpc) is 3.09. The lowest BCUT2D eigenvalue weighted by Gasteiger charge is -2.62. The molecule has 0 aromatic heterocycles. The van der Waals surface area contributed by atoms with Crippen molar-refractivity contribution in [3.63, 3.8) is 0 Å². The quantitative estimate of drug-likeness (QED) is 0.572. The fraction of sp³-hybridized carbons (Fsp3) is 0.654. The van der Waals surface area contributed by atoms with Crippen LogP contribution in [0.15, 0.2) is 36.4 Å². The topological polar surface area (TPSA) is 20.3 Å². The van der Waals surface area contributed by atoms with Gasteiger partial charge in [0.2, 0.25) is 5.91 Å². The van der Waals surface area contributed by atoms with Crippen LogP contribution >= 0.6 is 11.6 Å². The van der Waals surface area contributed by atoms with E-state index in [1.165, 1.54) is 44.1 Å². The van der Waals surface area contributed by atoms with Crippen molar-refractivity contribution in [1.29, 1.82) is 0 Å². The zero-order valence-electron chi connectivity index (χ0n) is 18.0. The summed E-state index contributed by atoms with van der Waals surface area (Å²) >= 11 is 6.13. The second-order valence-corrected chi connectivity index (χ2v) is 11.3. The number of rotatable bonds is 2. The number of hydrogen-bond donors (Lipinski definition) is 0. The number of halogens is 1. The molecule has 29 heavy (non-hydrogen) atoms. The Labute approximate surface area is 180 Å². The van der Waals surface area contributed by atoms with Gasteiger partial charge < -0.3 is 4.90 Å². The molecule has 0 radical (unpaired) electrons. The van der Waals surface area contributed by atoms with Crippen molar-refractivity contribution in [2.24, 2.45) is 34.5 Å². The predicted molar refractivity (Wildman–Crippen MR) is 119 cm³/mol. The summed E-state index contributed by atoms with van der Waals surface area (Å²) in [7, 11) is 2.03. The van der Waals surface area contributed by atoms with Gasteiger partial charge in [-0.25, -0.2) is 0 Å². The molecule has 1 heterocycles. The maximum absolute atomic E-state index is 12.6. The van der Waals surface area contributed by atoms with Crippen LogP contribution in [0.4, 0.5) is 0 Å². The molecule has 1 aliphatic heterocycles. The lowest BCUT2D eigenvalue weighted by Crippen LogP contribution is -2.63. The highest BCUT2D eigenvalue weighted by Crippen LogP contribution is 2.65. The third-order valence-electron chi connectivity index (χ3n) is 9.44. The Morgan fingerprint density at radius 2 is 1.86 bits per heavy atom. The van der Waals surface area contributed by atoms with Crippen LogP contribution in [0.25, 0.3) is 0 Å². The second-order valence-electron chi connectivity index (χ2n) is 10.9. The van der Waals surface area contributed by atoms with E-state index in [4.69, 9.17) is 11.6 Å². The Bertz CT molecular complexity index is 832. The largest absolute Gasteiger partial charge is 0.338 e. The van der Waals surface area contributed by atoms with Crippen LogP contribution in [0.2, 0.25) is 5.02 Å². The maximum atomic E-state index is 12.6. The second kappa shape index (κ2) is 6.87. The molecular weight excluding hydrogens is 378 g/mol. The highest BCUT2D eigenvalue weighted by Gasteiger charge is 2.60. The number of carbonyl (C=O) groups is 1. The van der Waals surface area contributed by atoms with Gasteiger partial charge in [0, 0.05) is 23.5 Å². The highest BCUT2D eigenvalue weighted by atomic mass is 35.5. The molecule has 0 spiro atoms. The van der Waals surface area contributed by atoms with Crippen LogP contribution in [0.1, 0.15) is 57.9 Å². The number of nitrogens with zero attached hydrogens (tertiary/aromatic N) is 1. The summed E-state index contributed by atoms with van der Waals surface area (Å²) in [5.74, 6) is 3.04. The predicted octanol–water partition coefficient (Wildman–Crippen LogP) is 6.14. The van der Waals surface area contributed by atoms with Crippen molar-refractivity contribution in [2.75, 3.05) is 7.05 Å². The van der Waals surface area contributed by atoms with E-state index >= 15 is 0 Å². The summed E-state index contributed by atoms with van der Waals surface area (Å²) in [6.45, 7) is 5.02. The standard InChI is InChI=1S/C26H34ClNO/c1-25-12-4-5-21(25)20-16-18(15-17-6-8-19(27)9-7-17)24-26(2,22(20)10-13-25)14-11-23(29)28(24)3/h6-9,11,14,18,20-22,24H,4-5,10,12-13,15-16H2,1-3H3/t18-,20+,21+,22+,24-,25+,26-/m1/s1. The van der Waals surface area contributed by atoms with E-state index in [1.807, 2.05) is 25.3 Å². The van der Waals surface area contributed by atoms with Crippen molar-refractivity contribution >= 4 is 17.5 Å². The van der Waals surface area contributed by atoms with Crippen LogP contribution in [0.5, 0.6) is 0 Å². The Morgan fingerprint density at radius 3 is 2.62 bits per heavy atom. The van der Waals surface area contributed by atoms with Crippen molar-refractivity contribution in [1.82, 2.24) is 4.90 Å². The SMILES string of the molecule is CN1C(=O)C=C[C@]2(C)[C@H]3CC[C@]4(C)CCC[C@H]4[C@@H]3C[C@@H](Cc3ccc(Cl)cc3)[C@@H]12. The van der Waals surface area contributed by atoms with Crippen LogP contribution in [-0.2, 0) is 11.2 Å². The summed E-state index contributed by atoms with van der Waals surface area (Å²) in [6, 6.07) is 8.65. The highest BCUT2D eigenvalue weighted by molar-refractivity contribution is 6.30. The summed E-state index contributed by atoms with van der Waals surface area (Å²) in [4.78, 5) is 14.7. The van der Waals surface area contributed by atoms with Gasteiger partial charge in [-0.15, -0.1) is 0 Å². The molecule has 156 valence electrons. The fourth-order valence-electron chi connectivity index (χ4n) is 8.17. The maximum Gasteiger partial charge on any atom is 0.246 e. The molecule has 1 aromatic rings. The molecule has 0 unspecified atom stereocenters. The van der Waals surface area contributed by atoms with E-state index in [0.717, 1.165) is 23.3 Å². The third kappa shape index (κ3) is 3.00. The third-order valence-corrected chi connectivity index (χ3v) is 9.69. The van der Waals surface area contributed by atoms with Crippen molar-refractivity contribution in [3.05, 3.63) is 47.0 Å². The number of benzene rings is 1. The van der Waals surface area contributed by atoms with Crippen LogP contribution < -0.4 is 0 Å². The van der Waals surface area contributed by atoms with Gasteiger partial charge in [0.1, 0.15) is 0 Å². The van der Waals surface area contributed by atoms with Crippen LogP contribution in [-0.4, -0.2) is 23.9 Å². The van der Waals surface area contributed by atoms with E-state index in [-0.39, 0.29) is 11.3 Å². The van der Waals surface area contributed by atoms with E-state index in [9.17, 15) is 4.79 Å². The first kappa shape index (κ1) is 19.7. The molecule has 0 N–H and O–H groups in total. The fourth-order valence-corrected chi connectivity index (χ4v) is 8.29. The molecule has 0 saturated heterocycles. The molecular formula is C26H34ClNO. The zero-order valence-corrected chi connectivity index (χ0v) is 18.8. The molecule has 3 heteroatoms. The normalized spacial score (nSPS) is 43.7. The Kier molecular flexibility index (Phi) is 4.66. The summed E-state index contributed by atoms with van der Waals surface area (Å²) in [5.41, 5.74) is 1.99. The lowest BCUT2D eigenvalue weighted by atomic mass is 9.46. The van der Waals surface area contributed by atoms with Crippen molar-refractivity contribution in [3.8, 4) is 0 Å². The Morgan fingerprint density at radius 1 is 1.10 bits per heavy atom. The molecule has 4 aliphatic rings. The molecule has 3 aliphatic carbocycles.